The largest absolute Gasteiger partial charge is 0.253 e. The van der Waals surface area contributed by atoms with Crippen molar-refractivity contribution >= 4 is 20.8 Å². The molecule has 0 heterocycles. The maximum absolute atomic E-state index is 12.3. The van der Waals surface area contributed by atoms with E-state index >= 15 is 0 Å². The number of fused-ring (bicyclic) bond motifs is 1. The van der Waals surface area contributed by atoms with Crippen LogP contribution < -0.4 is 10.3 Å². The summed E-state index contributed by atoms with van der Waals surface area (Å²) >= 11 is 0. The molecule has 2 N–H and O–H groups in total. The number of rotatable bonds is 5. The predicted octanol–water partition coefficient (Wildman–Crippen LogP) is 3.69. The molecule has 0 fully saturated rings. The molecular weight excluding hydrogens is 320 g/mol. The minimum atomic E-state index is -3.58. The van der Waals surface area contributed by atoms with E-state index in [4.69, 9.17) is 0 Å². The van der Waals surface area contributed by atoms with Gasteiger partial charge in [0.2, 0.25) is 0 Å². The Morgan fingerprint density at radius 1 is 0.875 bits per heavy atom. The van der Waals surface area contributed by atoms with Crippen LogP contribution in [0.4, 0.5) is 0 Å². The van der Waals surface area contributed by atoms with Crippen molar-refractivity contribution in [2.24, 2.45) is 0 Å². The molecule has 0 amide bonds. The third-order valence-electron chi connectivity index (χ3n) is 4.01. The van der Waals surface area contributed by atoms with Crippen LogP contribution in [0.1, 0.15) is 24.1 Å². The van der Waals surface area contributed by atoms with E-state index in [-0.39, 0.29) is 10.9 Å². The SMILES string of the molecule is Cc1ccc(S(=O)(=O)NNC(C)c2ccc3ccccc3c2)cc1. The van der Waals surface area contributed by atoms with Gasteiger partial charge in [0.25, 0.3) is 10.0 Å². The van der Waals surface area contributed by atoms with Crippen molar-refractivity contribution in [3.63, 3.8) is 0 Å². The molecule has 4 nitrogen and oxygen atoms in total. The van der Waals surface area contributed by atoms with Crippen LogP contribution in [-0.2, 0) is 10.0 Å². The lowest BCUT2D eigenvalue weighted by Gasteiger charge is -2.16. The lowest BCUT2D eigenvalue weighted by Crippen LogP contribution is -2.38. The second kappa shape index (κ2) is 6.73. The average Bonchev–Trinajstić information content (AvgIpc) is 2.59. The molecule has 3 rings (SSSR count). The first-order valence-electron chi connectivity index (χ1n) is 7.78. The van der Waals surface area contributed by atoms with Gasteiger partial charge in [-0.3, -0.25) is 0 Å². The Hall–Kier alpha value is -2.21. The van der Waals surface area contributed by atoms with Crippen molar-refractivity contribution in [1.29, 1.82) is 0 Å². The standard InChI is InChI=1S/C19H20N2O2S/c1-14-7-11-19(12-8-14)24(22,23)21-20-15(2)17-10-9-16-5-3-4-6-18(16)13-17/h3-13,15,20-21H,1-2H3. The molecule has 5 heteroatoms. The van der Waals surface area contributed by atoms with Crippen LogP contribution in [-0.4, -0.2) is 8.42 Å². The van der Waals surface area contributed by atoms with Crippen molar-refractivity contribution in [2.45, 2.75) is 24.8 Å². The highest BCUT2D eigenvalue weighted by atomic mass is 32.2. The maximum Gasteiger partial charge on any atom is 0.253 e. The zero-order valence-corrected chi connectivity index (χ0v) is 14.5. The minimum Gasteiger partial charge on any atom is -0.237 e. The molecule has 0 bridgehead atoms. The number of sulfonamides is 1. The van der Waals surface area contributed by atoms with E-state index < -0.39 is 10.0 Å². The van der Waals surface area contributed by atoms with Crippen LogP contribution in [0.3, 0.4) is 0 Å². The second-order valence-electron chi connectivity index (χ2n) is 5.89. The maximum atomic E-state index is 12.3. The highest BCUT2D eigenvalue weighted by molar-refractivity contribution is 7.89. The molecule has 0 saturated heterocycles. The zero-order chi connectivity index (χ0) is 17.2. The second-order valence-corrected chi connectivity index (χ2v) is 7.57. The molecule has 0 aliphatic carbocycles. The molecule has 0 saturated carbocycles. The van der Waals surface area contributed by atoms with Gasteiger partial charge in [0, 0.05) is 6.04 Å². The van der Waals surface area contributed by atoms with Crippen LogP contribution in [0.25, 0.3) is 10.8 Å². The van der Waals surface area contributed by atoms with Gasteiger partial charge in [0.15, 0.2) is 0 Å². The van der Waals surface area contributed by atoms with Gasteiger partial charge in [0.05, 0.1) is 4.90 Å². The van der Waals surface area contributed by atoms with E-state index in [1.165, 1.54) is 0 Å². The van der Waals surface area contributed by atoms with E-state index in [0.717, 1.165) is 21.9 Å². The third kappa shape index (κ3) is 3.64. The Morgan fingerprint density at radius 2 is 1.54 bits per heavy atom. The Labute approximate surface area is 142 Å². The number of hydrogen-bond acceptors (Lipinski definition) is 3. The first-order valence-corrected chi connectivity index (χ1v) is 9.27. The van der Waals surface area contributed by atoms with Gasteiger partial charge in [-0.25, -0.2) is 13.8 Å². The molecule has 0 aromatic heterocycles. The van der Waals surface area contributed by atoms with E-state index in [1.54, 1.807) is 24.3 Å². The summed E-state index contributed by atoms with van der Waals surface area (Å²) < 4.78 is 24.6. The lowest BCUT2D eigenvalue weighted by molar-refractivity contribution is 0.515. The molecular formula is C19H20N2O2S. The number of benzene rings is 3. The molecule has 0 aliphatic heterocycles. The summed E-state index contributed by atoms with van der Waals surface area (Å²) in [7, 11) is -3.58. The Balaban J connectivity index is 1.74. The lowest BCUT2D eigenvalue weighted by atomic mass is 10.0. The third-order valence-corrected chi connectivity index (χ3v) is 5.29. The molecule has 24 heavy (non-hydrogen) atoms. The topological polar surface area (TPSA) is 58.2 Å². The summed E-state index contributed by atoms with van der Waals surface area (Å²) in [5, 5.41) is 2.29. The fourth-order valence-electron chi connectivity index (χ4n) is 2.50. The van der Waals surface area contributed by atoms with Crippen molar-refractivity contribution in [2.75, 3.05) is 0 Å². The summed E-state index contributed by atoms with van der Waals surface area (Å²) in [5.74, 6) is 0. The number of aryl methyl sites for hydroxylation is 1. The normalized spacial score (nSPS) is 13.1. The van der Waals surface area contributed by atoms with E-state index in [2.05, 4.69) is 22.4 Å². The van der Waals surface area contributed by atoms with Gasteiger partial charge >= 0.3 is 0 Å². The van der Waals surface area contributed by atoms with Crippen LogP contribution in [0.5, 0.6) is 0 Å². The molecule has 1 unspecified atom stereocenters. The Bertz CT molecular complexity index is 951. The van der Waals surface area contributed by atoms with Crippen LogP contribution in [0, 0.1) is 6.92 Å². The minimum absolute atomic E-state index is 0.158. The van der Waals surface area contributed by atoms with Gasteiger partial charge < -0.3 is 0 Å². The molecule has 124 valence electrons. The monoisotopic (exact) mass is 340 g/mol. The fraction of sp³-hybridized carbons (Fsp3) is 0.158. The Morgan fingerprint density at radius 3 is 2.25 bits per heavy atom. The number of hydrogen-bond donors (Lipinski definition) is 2. The van der Waals surface area contributed by atoms with E-state index in [1.807, 2.05) is 44.2 Å². The molecule has 3 aromatic carbocycles. The number of nitrogens with one attached hydrogen (secondary N) is 2. The predicted molar refractivity (Wildman–Crippen MR) is 97.0 cm³/mol. The molecule has 0 aliphatic rings. The molecule has 0 radical (unpaired) electrons. The van der Waals surface area contributed by atoms with Crippen molar-refractivity contribution in [1.82, 2.24) is 10.3 Å². The molecule has 0 spiro atoms. The summed E-state index contributed by atoms with van der Waals surface area (Å²) in [4.78, 5) is 2.71. The number of hydrazine groups is 1. The van der Waals surface area contributed by atoms with Crippen LogP contribution in [0.2, 0.25) is 0 Å². The fourth-order valence-corrected chi connectivity index (χ4v) is 3.45. The molecule has 3 aromatic rings. The van der Waals surface area contributed by atoms with Crippen LogP contribution >= 0.6 is 0 Å². The van der Waals surface area contributed by atoms with Gasteiger partial charge in [0.1, 0.15) is 0 Å². The molecule has 1 atom stereocenters. The summed E-state index contributed by atoms with van der Waals surface area (Å²) in [6.07, 6.45) is 0. The first-order chi connectivity index (χ1) is 11.5. The van der Waals surface area contributed by atoms with E-state index in [0.29, 0.717) is 0 Å². The first kappa shape index (κ1) is 16.6. The van der Waals surface area contributed by atoms with Gasteiger partial charge in [-0.2, -0.15) is 0 Å². The highest BCUT2D eigenvalue weighted by Gasteiger charge is 2.15. The average molecular weight is 340 g/mol. The smallest absolute Gasteiger partial charge is 0.237 e. The Kier molecular flexibility index (Phi) is 4.66. The summed E-state index contributed by atoms with van der Waals surface area (Å²) in [6.45, 7) is 3.84. The van der Waals surface area contributed by atoms with Crippen molar-refractivity contribution < 1.29 is 8.42 Å². The zero-order valence-electron chi connectivity index (χ0n) is 13.7. The van der Waals surface area contributed by atoms with Crippen LogP contribution in [0.15, 0.2) is 71.6 Å². The van der Waals surface area contributed by atoms with Crippen molar-refractivity contribution in [3.8, 4) is 0 Å². The van der Waals surface area contributed by atoms with E-state index in [9.17, 15) is 8.42 Å². The quantitative estimate of drug-likeness (QED) is 0.697. The van der Waals surface area contributed by atoms with Gasteiger partial charge in [-0.1, -0.05) is 54.1 Å². The van der Waals surface area contributed by atoms with Gasteiger partial charge in [-0.05, 0) is 48.4 Å². The summed E-state index contributed by atoms with van der Waals surface area (Å²) in [6, 6.07) is 20.8. The van der Waals surface area contributed by atoms with Gasteiger partial charge in [-0.15, -0.1) is 4.83 Å². The highest BCUT2D eigenvalue weighted by Crippen LogP contribution is 2.20. The summed E-state index contributed by atoms with van der Waals surface area (Å²) in [5.41, 5.74) is 4.91. The van der Waals surface area contributed by atoms with Crippen molar-refractivity contribution in [3.05, 3.63) is 77.9 Å².